The van der Waals surface area contributed by atoms with Crippen molar-refractivity contribution >= 4 is 5.69 Å². The SMILES string of the molecule is C#C/C=C(\C=C(/CCc1c(C)cc(N2CCOCC2)cc1C)OC)N1CCOCC1. The van der Waals surface area contributed by atoms with Gasteiger partial charge in [0.1, 0.15) is 0 Å². The number of ether oxygens (including phenoxy) is 3. The Morgan fingerprint density at radius 1 is 1.07 bits per heavy atom. The van der Waals surface area contributed by atoms with Gasteiger partial charge in [-0.15, -0.1) is 6.42 Å². The summed E-state index contributed by atoms with van der Waals surface area (Å²) >= 11 is 0. The molecule has 0 bridgehead atoms. The predicted molar refractivity (Wildman–Crippen MR) is 122 cm³/mol. The van der Waals surface area contributed by atoms with Crippen LogP contribution >= 0.6 is 0 Å². The minimum absolute atomic E-state index is 0.728. The molecule has 1 aromatic carbocycles. The summed E-state index contributed by atoms with van der Waals surface area (Å²) in [4.78, 5) is 4.67. The van der Waals surface area contributed by atoms with Gasteiger partial charge in [-0.3, -0.25) is 0 Å². The van der Waals surface area contributed by atoms with Gasteiger partial charge in [0.2, 0.25) is 0 Å². The van der Waals surface area contributed by atoms with Crippen molar-refractivity contribution in [3.63, 3.8) is 0 Å². The number of allylic oxidation sites excluding steroid dienone is 3. The molecule has 0 saturated carbocycles. The average molecular weight is 411 g/mol. The van der Waals surface area contributed by atoms with E-state index >= 15 is 0 Å². The van der Waals surface area contributed by atoms with Gasteiger partial charge in [0.05, 0.1) is 39.3 Å². The molecule has 5 heteroatoms. The molecule has 2 heterocycles. The van der Waals surface area contributed by atoms with Crippen LogP contribution < -0.4 is 4.90 Å². The summed E-state index contributed by atoms with van der Waals surface area (Å²) in [5.41, 5.74) is 6.38. The Hall–Kier alpha value is -2.42. The summed E-state index contributed by atoms with van der Waals surface area (Å²) in [5.74, 6) is 3.61. The van der Waals surface area contributed by atoms with Crippen molar-refractivity contribution in [1.29, 1.82) is 0 Å². The topological polar surface area (TPSA) is 34.2 Å². The monoisotopic (exact) mass is 410 g/mol. The Balaban J connectivity index is 1.71. The molecule has 0 amide bonds. The molecule has 0 radical (unpaired) electrons. The van der Waals surface area contributed by atoms with E-state index in [0.717, 1.165) is 76.9 Å². The van der Waals surface area contributed by atoms with Crippen molar-refractivity contribution in [2.45, 2.75) is 26.7 Å². The first-order valence-corrected chi connectivity index (χ1v) is 10.8. The molecule has 2 saturated heterocycles. The number of benzene rings is 1. The third-order valence-electron chi connectivity index (χ3n) is 5.86. The maximum absolute atomic E-state index is 5.71. The third-order valence-corrected chi connectivity index (χ3v) is 5.86. The second-order valence-electron chi connectivity index (χ2n) is 7.81. The fraction of sp³-hybridized carbons (Fsp3) is 0.520. The summed E-state index contributed by atoms with van der Waals surface area (Å²) in [6.45, 7) is 11.1. The largest absolute Gasteiger partial charge is 0.501 e. The van der Waals surface area contributed by atoms with Crippen LogP contribution in [0.5, 0.6) is 0 Å². The van der Waals surface area contributed by atoms with Gasteiger partial charge in [-0.05, 0) is 55.2 Å². The Kier molecular flexibility index (Phi) is 8.24. The number of terminal acetylenes is 1. The molecule has 0 unspecified atom stereocenters. The van der Waals surface area contributed by atoms with E-state index in [1.165, 1.54) is 22.4 Å². The van der Waals surface area contributed by atoms with Crippen molar-refractivity contribution < 1.29 is 14.2 Å². The summed E-state index contributed by atoms with van der Waals surface area (Å²) in [7, 11) is 1.74. The number of hydrogen-bond acceptors (Lipinski definition) is 5. The van der Waals surface area contributed by atoms with E-state index in [9.17, 15) is 0 Å². The normalized spacial score (nSPS) is 18.3. The highest BCUT2D eigenvalue weighted by atomic mass is 16.5. The van der Waals surface area contributed by atoms with Crippen LogP contribution in [0.4, 0.5) is 5.69 Å². The Labute approximate surface area is 181 Å². The summed E-state index contributed by atoms with van der Waals surface area (Å²) in [6, 6.07) is 4.61. The van der Waals surface area contributed by atoms with Gasteiger partial charge < -0.3 is 24.0 Å². The summed E-state index contributed by atoms with van der Waals surface area (Å²) in [5, 5.41) is 0. The quantitative estimate of drug-likeness (QED) is 0.391. The van der Waals surface area contributed by atoms with E-state index in [2.05, 4.69) is 47.8 Å². The molecule has 2 aliphatic heterocycles. The number of methoxy groups -OCH3 is 1. The fourth-order valence-electron chi connectivity index (χ4n) is 4.15. The Bertz CT molecular complexity index is 787. The van der Waals surface area contributed by atoms with E-state index in [1.807, 2.05) is 6.08 Å². The van der Waals surface area contributed by atoms with E-state index in [1.54, 1.807) is 7.11 Å². The lowest BCUT2D eigenvalue weighted by Crippen LogP contribution is -2.36. The van der Waals surface area contributed by atoms with E-state index in [-0.39, 0.29) is 0 Å². The summed E-state index contributed by atoms with van der Waals surface area (Å²) in [6.07, 6.45) is 11.2. The molecule has 2 fully saturated rings. The van der Waals surface area contributed by atoms with Gasteiger partial charge in [-0.1, -0.05) is 5.92 Å². The van der Waals surface area contributed by atoms with Crippen LogP contribution in [0.1, 0.15) is 23.1 Å². The van der Waals surface area contributed by atoms with Crippen molar-refractivity contribution in [3.8, 4) is 12.3 Å². The Morgan fingerprint density at radius 3 is 2.23 bits per heavy atom. The van der Waals surface area contributed by atoms with Gasteiger partial charge in [0, 0.05) is 50.1 Å². The smallest absolute Gasteiger partial charge is 0.0979 e. The molecule has 162 valence electrons. The highest BCUT2D eigenvalue weighted by Crippen LogP contribution is 2.26. The first-order chi connectivity index (χ1) is 14.6. The molecular weight excluding hydrogens is 376 g/mol. The molecule has 0 spiro atoms. The zero-order chi connectivity index (χ0) is 21.3. The zero-order valence-corrected chi connectivity index (χ0v) is 18.6. The van der Waals surface area contributed by atoms with Crippen LogP contribution in [-0.4, -0.2) is 64.6 Å². The zero-order valence-electron chi connectivity index (χ0n) is 18.6. The molecule has 0 atom stereocenters. The van der Waals surface area contributed by atoms with Gasteiger partial charge in [0.15, 0.2) is 0 Å². The number of rotatable bonds is 7. The van der Waals surface area contributed by atoms with E-state index in [0.29, 0.717) is 0 Å². The van der Waals surface area contributed by atoms with Crippen LogP contribution in [0.3, 0.4) is 0 Å². The first-order valence-electron chi connectivity index (χ1n) is 10.8. The van der Waals surface area contributed by atoms with Crippen molar-refractivity contribution in [2.75, 3.05) is 64.6 Å². The lowest BCUT2D eigenvalue weighted by atomic mass is 9.96. The van der Waals surface area contributed by atoms with Gasteiger partial charge in [0.25, 0.3) is 0 Å². The second-order valence-corrected chi connectivity index (χ2v) is 7.81. The van der Waals surface area contributed by atoms with Crippen LogP contribution in [0.25, 0.3) is 0 Å². The lowest BCUT2D eigenvalue weighted by Gasteiger charge is -2.30. The molecule has 0 aliphatic carbocycles. The van der Waals surface area contributed by atoms with Crippen LogP contribution in [0, 0.1) is 26.2 Å². The van der Waals surface area contributed by atoms with Crippen molar-refractivity contribution in [2.24, 2.45) is 0 Å². The predicted octanol–water partition coefficient (Wildman–Crippen LogP) is 3.45. The number of aryl methyl sites for hydroxylation is 2. The minimum atomic E-state index is 0.728. The highest BCUT2D eigenvalue weighted by molar-refractivity contribution is 5.54. The first kappa shape index (κ1) is 22.3. The average Bonchev–Trinajstić information content (AvgIpc) is 2.78. The third kappa shape index (κ3) is 5.81. The minimum Gasteiger partial charge on any atom is -0.501 e. The number of nitrogens with zero attached hydrogens (tertiary/aromatic N) is 2. The maximum atomic E-state index is 5.71. The molecule has 0 N–H and O–H groups in total. The second kappa shape index (κ2) is 11.1. The molecule has 5 nitrogen and oxygen atoms in total. The number of hydrogen-bond donors (Lipinski definition) is 0. The molecule has 0 aromatic heterocycles. The van der Waals surface area contributed by atoms with Gasteiger partial charge in [-0.25, -0.2) is 0 Å². The molecule has 3 rings (SSSR count). The van der Waals surface area contributed by atoms with Crippen molar-refractivity contribution in [3.05, 3.63) is 52.4 Å². The van der Waals surface area contributed by atoms with Crippen LogP contribution in [0.2, 0.25) is 0 Å². The highest BCUT2D eigenvalue weighted by Gasteiger charge is 2.16. The summed E-state index contributed by atoms with van der Waals surface area (Å²) < 4.78 is 16.7. The van der Waals surface area contributed by atoms with E-state index < -0.39 is 0 Å². The molecule has 1 aromatic rings. The molecular formula is C25H34N2O3. The standard InChI is InChI=1S/C25H34N2O3/c1-5-6-22(26-9-13-29-14-10-26)19-24(28-4)7-8-25-20(2)17-23(18-21(25)3)27-11-15-30-16-12-27/h1,6,17-19H,7-16H2,2-4H3/b22-6+,24-19+. The maximum Gasteiger partial charge on any atom is 0.0979 e. The van der Waals surface area contributed by atoms with Crippen molar-refractivity contribution in [1.82, 2.24) is 4.90 Å². The van der Waals surface area contributed by atoms with Crippen LogP contribution in [0.15, 0.2) is 35.7 Å². The lowest BCUT2D eigenvalue weighted by molar-refractivity contribution is 0.0551. The molecule has 2 aliphatic rings. The van der Waals surface area contributed by atoms with Gasteiger partial charge >= 0.3 is 0 Å². The van der Waals surface area contributed by atoms with E-state index in [4.69, 9.17) is 20.6 Å². The number of anilines is 1. The number of morpholine rings is 2. The molecule has 30 heavy (non-hydrogen) atoms. The Morgan fingerprint density at radius 2 is 1.67 bits per heavy atom. The fourth-order valence-corrected chi connectivity index (χ4v) is 4.15. The van der Waals surface area contributed by atoms with Crippen LogP contribution in [-0.2, 0) is 20.6 Å². The van der Waals surface area contributed by atoms with Gasteiger partial charge in [-0.2, -0.15) is 0 Å².